The van der Waals surface area contributed by atoms with Gasteiger partial charge in [-0.15, -0.1) is 23.1 Å². The molecule has 0 unspecified atom stereocenters. The lowest BCUT2D eigenvalue weighted by molar-refractivity contribution is 0.800. The van der Waals surface area contributed by atoms with E-state index in [9.17, 15) is 0 Å². The Morgan fingerprint density at radius 3 is 2.50 bits per heavy atom. The van der Waals surface area contributed by atoms with Gasteiger partial charge in [0, 0.05) is 9.62 Å². The van der Waals surface area contributed by atoms with Crippen LogP contribution in [-0.2, 0) is 5.75 Å². The minimum Gasteiger partial charge on any atom is -0.221 e. The van der Waals surface area contributed by atoms with E-state index in [1.807, 2.05) is 11.8 Å². The van der Waals surface area contributed by atoms with Crippen LogP contribution in [0, 0.1) is 13.8 Å². The second-order valence-electron chi connectivity index (χ2n) is 5.30. The lowest BCUT2D eigenvalue weighted by atomic mass is 10.2. The SMILES string of the molecule is Cc1sc2nc(CSC(C)(C)C)nc(Cl)c2c1C. The fourth-order valence-corrected chi connectivity index (χ4v) is 3.71. The summed E-state index contributed by atoms with van der Waals surface area (Å²) >= 11 is 9.81. The highest BCUT2D eigenvalue weighted by Crippen LogP contribution is 2.34. The van der Waals surface area contributed by atoms with E-state index in [0.717, 1.165) is 21.8 Å². The number of aryl methyl sites for hydroxylation is 2. The van der Waals surface area contributed by atoms with Gasteiger partial charge in [-0.2, -0.15) is 0 Å². The minimum absolute atomic E-state index is 0.214. The molecule has 0 saturated carbocycles. The van der Waals surface area contributed by atoms with Crippen molar-refractivity contribution in [2.45, 2.75) is 45.1 Å². The molecule has 0 fully saturated rings. The maximum Gasteiger partial charge on any atom is 0.141 e. The summed E-state index contributed by atoms with van der Waals surface area (Å²) in [6, 6.07) is 0. The molecule has 2 aromatic rings. The van der Waals surface area contributed by atoms with E-state index < -0.39 is 0 Å². The Hall–Kier alpha value is -0.320. The molecule has 2 nitrogen and oxygen atoms in total. The van der Waals surface area contributed by atoms with Crippen LogP contribution in [0.3, 0.4) is 0 Å². The van der Waals surface area contributed by atoms with Gasteiger partial charge in [0.15, 0.2) is 0 Å². The van der Waals surface area contributed by atoms with Crippen LogP contribution in [0.5, 0.6) is 0 Å². The fraction of sp³-hybridized carbons (Fsp3) is 0.538. The van der Waals surface area contributed by atoms with Crippen molar-refractivity contribution >= 4 is 44.9 Å². The molecule has 2 rings (SSSR count). The molecule has 0 amide bonds. The van der Waals surface area contributed by atoms with Crippen LogP contribution < -0.4 is 0 Å². The summed E-state index contributed by atoms with van der Waals surface area (Å²) in [5, 5.41) is 1.61. The van der Waals surface area contributed by atoms with E-state index in [1.54, 1.807) is 11.3 Å². The van der Waals surface area contributed by atoms with Gasteiger partial charge in [-0.25, -0.2) is 9.97 Å². The van der Waals surface area contributed by atoms with Crippen molar-refractivity contribution in [1.82, 2.24) is 9.97 Å². The van der Waals surface area contributed by atoms with Crippen LogP contribution in [0.2, 0.25) is 5.15 Å². The van der Waals surface area contributed by atoms with Crippen molar-refractivity contribution in [3.8, 4) is 0 Å². The van der Waals surface area contributed by atoms with E-state index in [0.29, 0.717) is 5.15 Å². The molecule has 0 N–H and O–H groups in total. The van der Waals surface area contributed by atoms with Crippen molar-refractivity contribution in [2.24, 2.45) is 0 Å². The molecule has 0 aliphatic heterocycles. The van der Waals surface area contributed by atoms with Gasteiger partial charge in [0.2, 0.25) is 0 Å². The van der Waals surface area contributed by atoms with Crippen molar-refractivity contribution in [3.05, 3.63) is 21.4 Å². The Morgan fingerprint density at radius 2 is 1.89 bits per heavy atom. The number of hydrogen-bond donors (Lipinski definition) is 0. The summed E-state index contributed by atoms with van der Waals surface area (Å²) in [5.41, 5.74) is 1.20. The van der Waals surface area contributed by atoms with Gasteiger partial charge in [-0.05, 0) is 19.4 Å². The zero-order chi connectivity index (χ0) is 13.5. The van der Waals surface area contributed by atoms with Crippen LogP contribution in [0.25, 0.3) is 10.2 Å². The number of rotatable bonds is 2. The van der Waals surface area contributed by atoms with E-state index in [-0.39, 0.29) is 4.75 Å². The van der Waals surface area contributed by atoms with Gasteiger partial charge in [0.25, 0.3) is 0 Å². The number of aromatic nitrogens is 2. The molecule has 0 aliphatic rings. The van der Waals surface area contributed by atoms with E-state index >= 15 is 0 Å². The third-order valence-electron chi connectivity index (χ3n) is 2.67. The van der Waals surface area contributed by atoms with Gasteiger partial charge >= 0.3 is 0 Å². The standard InChI is InChI=1S/C13H17ClN2S2/c1-7-8(2)18-12-10(7)11(14)15-9(16-12)6-17-13(3,4)5/h6H2,1-5H3. The smallest absolute Gasteiger partial charge is 0.141 e. The quantitative estimate of drug-likeness (QED) is 0.730. The van der Waals surface area contributed by atoms with Gasteiger partial charge in [-0.3, -0.25) is 0 Å². The summed E-state index contributed by atoms with van der Waals surface area (Å²) in [6.45, 7) is 10.8. The van der Waals surface area contributed by atoms with E-state index in [2.05, 4.69) is 44.6 Å². The molecule has 0 atom stereocenters. The van der Waals surface area contributed by atoms with E-state index in [1.165, 1.54) is 10.4 Å². The van der Waals surface area contributed by atoms with Crippen molar-refractivity contribution in [1.29, 1.82) is 0 Å². The largest absolute Gasteiger partial charge is 0.221 e. The molecule has 0 radical (unpaired) electrons. The van der Waals surface area contributed by atoms with Gasteiger partial charge in [-0.1, -0.05) is 32.4 Å². The topological polar surface area (TPSA) is 25.8 Å². The Labute approximate surface area is 121 Å². The first-order valence-corrected chi connectivity index (χ1v) is 8.02. The molecule has 0 aliphatic carbocycles. The van der Waals surface area contributed by atoms with Crippen LogP contribution in [0.4, 0.5) is 0 Å². The molecule has 0 bridgehead atoms. The van der Waals surface area contributed by atoms with E-state index in [4.69, 9.17) is 11.6 Å². The highest BCUT2D eigenvalue weighted by molar-refractivity contribution is 7.99. The van der Waals surface area contributed by atoms with Crippen molar-refractivity contribution in [3.63, 3.8) is 0 Å². The number of hydrogen-bond acceptors (Lipinski definition) is 4. The number of thiophene rings is 1. The molecule has 0 spiro atoms. The lowest BCUT2D eigenvalue weighted by Crippen LogP contribution is -2.08. The molecule has 2 aromatic heterocycles. The monoisotopic (exact) mass is 300 g/mol. The Balaban J connectivity index is 2.38. The van der Waals surface area contributed by atoms with Gasteiger partial charge in [0.05, 0.1) is 11.1 Å². The zero-order valence-corrected chi connectivity index (χ0v) is 13.7. The average Bonchev–Trinajstić information content (AvgIpc) is 2.51. The summed E-state index contributed by atoms with van der Waals surface area (Å²) in [5.74, 6) is 1.63. The van der Waals surface area contributed by atoms with Crippen molar-refractivity contribution in [2.75, 3.05) is 0 Å². The number of halogens is 1. The number of thioether (sulfide) groups is 1. The highest BCUT2D eigenvalue weighted by atomic mass is 35.5. The normalized spacial score (nSPS) is 12.3. The van der Waals surface area contributed by atoms with Crippen LogP contribution >= 0.6 is 34.7 Å². The Morgan fingerprint density at radius 1 is 1.22 bits per heavy atom. The molecule has 98 valence electrons. The second-order valence-corrected chi connectivity index (χ2v) is 8.66. The molecule has 2 heterocycles. The highest BCUT2D eigenvalue weighted by Gasteiger charge is 2.15. The summed E-state index contributed by atoms with van der Waals surface area (Å²) < 4.78 is 0.214. The molecular weight excluding hydrogens is 284 g/mol. The molecule has 0 saturated heterocycles. The first-order chi connectivity index (χ1) is 8.28. The second kappa shape index (κ2) is 4.99. The van der Waals surface area contributed by atoms with Crippen LogP contribution in [0.15, 0.2) is 0 Å². The van der Waals surface area contributed by atoms with Crippen molar-refractivity contribution < 1.29 is 0 Å². The third kappa shape index (κ3) is 2.98. The summed E-state index contributed by atoms with van der Waals surface area (Å²) in [4.78, 5) is 11.3. The number of fused-ring (bicyclic) bond motifs is 1. The molecule has 5 heteroatoms. The molecule has 18 heavy (non-hydrogen) atoms. The molecule has 0 aromatic carbocycles. The van der Waals surface area contributed by atoms with Gasteiger partial charge in [0.1, 0.15) is 15.8 Å². The van der Waals surface area contributed by atoms with Crippen LogP contribution in [-0.4, -0.2) is 14.7 Å². The fourth-order valence-electron chi connectivity index (χ4n) is 1.59. The first-order valence-electron chi connectivity index (χ1n) is 5.84. The lowest BCUT2D eigenvalue weighted by Gasteiger charge is -2.16. The Bertz CT molecular complexity index is 585. The predicted octanol–water partition coefficient (Wildman–Crippen LogP) is 4.99. The minimum atomic E-state index is 0.214. The maximum atomic E-state index is 6.28. The molecular formula is C13H17ClN2S2. The van der Waals surface area contributed by atoms with Gasteiger partial charge < -0.3 is 0 Å². The summed E-state index contributed by atoms with van der Waals surface area (Å²) in [7, 11) is 0. The predicted molar refractivity (Wildman–Crippen MR) is 82.9 cm³/mol. The Kier molecular flexibility index (Phi) is 3.90. The summed E-state index contributed by atoms with van der Waals surface area (Å²) in [6.07, 6.45) is 0. The first kappa shape index (κ1) is 14.1. The average molecular weight is 301 g/mol. The van der Waals surface area contributed by atoms with Crippen LogP contribution in [0.1, 0.15) is 37.0 Å². The maximum absolute atomic E-state index is 6.28. The third-order valence-corrected chi connectivity index (χ3v) is 5.31. The zero-order valence-electron chi connectivity index (χ0n) is 11.3. The number of nitrogens with zero attached hydrogens (tertiary/aromatic N) is 2.